The van der Waals surface area contributed by atoms with Crippen LogP contribution in [-0.2, 0) is 6.42 Å². The molecule has 0 fully saturated rings. The molecule has 1 unspecified atom stereocenters. The summed E-state index contributed by atoms with van der Waals surface area (Å²) in [5.41, 5.74) is 1.65. The van der Waals surface area contributed by atoms with Crippen LogP contribution in [0.2, 0.25) is 5.22 Å². The summed E-state index contributed by atoms with van der Waals surface area (Å²) < 4.78 is 45.1. The molecule has 1 aromatic heterocycles. The molecule has 2 rings (SSSR count). The molecule has 0 saturated carbocycles. The van der Waals surface area contributed by atoms with E-state index in [0.29, 0.717) is 11.6 Å². The summed E-state index contributed by atoms with van der Waals surface area (Å²) in [6, 6.07) is 7.40. The highest BCUT2D eigenvalue weighted by Crippen LogP contribution is 2.28. The fourth-order valence-electron chi connectivity index (χ4n) is 1.98. The number of nitrogens with one attached hydrogen (secondary N) is 1. The number of rotatable bonds is 5. The molecule has 1 atom stereocenters. The lowest BCUT2D eigenvalue weighted by Crippen LogP contribution is -2.19. The van der Waals surface area contributed by atoms with Crippen molar-refractivity contribution < 1.29 is 22.3 Å². The third-order valence-electron chi connectivity index (χ3n) is 2.97. The molecule has 7 heteroatoms. The minimum atomic E-state index is -4.68. The second-order valence-electron chi connectivity index (χ2n) is 4.39. The minimum Gasteiger partial charge on any atom is -0.453 e. The first-order valence-electron chi connectivity index (χ1n) is 6.14. The van der Waals surface area contributed by atoms with E-state index < -0.39 is 6.36 Å². The van der Waals surface area contributed by atoms with Crippen molar-refractivity contribution >= 4 is 11.6 Å². The van der Waals surface area contributed by atoms with Crippen LogP contribution in [0.25, 0.3) is 0 Å². The molecule has 0 amide bonds. The first-order valence-corrected chi connectivity index (χ1v) is 6.51. The molecule has 0 aliphatic heterocycles. The standard InChI is InChI=1S/C14H13ClF3NO2/c1-19-12(11-6-7-20-13(11)15)8-9-2-4-10(5-3-9)21-14(16,17)18/h2-7,12,19H,8H2,1H3. The molecular weight excluding hydrogens is 307 g/mol. The first kappa shape index (κ1) is 15.7. The number of ether oxygens (including phenoxy) is 1. The van der Waals surface area contributed by atoms with Crippen molar-refractivity contribution in [2.24, 2.45) is 0 Å². The minimum absolute atomic E-state index is 0.0920. The van der Waals surface area contributed by atoms with E-state index in [2.05, 4.69) is 10.1 Å². The average Bonchev–Trinajstić information content (AvgIpc) is 2.82. The van der Waals surface area contributed by atoms with Crippen molar-refractivity contribution in [2.45, 2.75) is 18.8 Å². The second-order valence-corrected chi connectivity index (χ2v) is 4.73. The van der Waals surface area contributed by atoms with Crippen molar-refractivity contribution in [3.8, 4) is 5.75 Å². The predicted molar refractivity (Wildman–Crippen MR) is 72.3 cm³/mol. The molecule has 0 spiro atoms. The number of benzene rings is 1. The largest absolute Gasteiger partial charge is 0.573 e. The van der Waals surface area contributed by atoms with Crippen LogP contribution in [0.1, 0.15) is 17.2 Å². The molecule has 1 aromatic carbocycles. The van der Waals surface area contributed by atoms with Crippen LogP contribution in [-0.4, -0.2) is 13.4 Å². The van der Waals surface area contributed by atoms with Crippen LogP contribution in [0.3, 0.4) is 0 Å². The summed E-state index contributed by atoms with van der Waals surface area (Å²) in [5, 5.41) is 3.39. The summed E-state index contributed by atoms with van der Waals surface area (Å²) in [5.74, 6) is -0.242. The number of hydrogen-bond acceptors (Lipinski definition) is 3. The highest BCUT2D eigenvalue weighted by Gasteiger charge is 2.31. The van der Waals surface area contributed by atoms with Gasteiger partial charge in [-0.3, -0.25) is 0 Å². The SMILES string of the molecule is CNC(Cc1ccc(OC(F)(F)F)cc1)c1ccoc1Cl. The molecule has 0 saturated heterocycles. The Bertz CT molecular complexity index is 581. The molecule has 114 valence electrons. The fraction of sp³-hybridized carbons (Fsp3) is 0.286. The van der Waals surface area contributed by atoms with Gasteiger partial charge in [-0.05, 0) is 48.8 Å². The Morgan fingerprint density at radius 1 is 1.24 bits per heavy atom. The van der Waals surface area contributed by atoms with Crippen molar-refractivity contribution in [2.75, 3.05) is 7.05 Å². The van der Waals surface area contributed by atoms with E-state index in [0.717, 1.165) is 11.1 Å². The summed E-state index contributed by atoms with van der Waals surface area (Å²) in [6.07, 6.45) is -2.64. The van der Waals surface area contributed by atoms with E-state index in [1.54, 1.807) is 25.2 Å². The maximum atomic E-state index is 12.1. The molecule has 0 aliphatic rings. The van der Waals surface area contributed by atoms with Gasteiger partial charge in [-0.15, -0.1) is 13.2 Å². The second kappa shape index (κ2) is 6.41. The number of likely N-dealkylation sites (N-methyl/N-ethyl adjacent to an activating group) is 1. The highest BCUT2D eigenvalue weighted by molar-refractivity contribution is 6.29. The van der Waals surface area contributed by atoms with Gasteiger partial charge in [0.05, 0.1) is 6.26 Å². The van der Waals surface area contributed by atoms with Gasteiger partial charge in [-0.25, -0.2) is 0 Å². The van der Waals surface area contributed by atoms with E-state index >= 15 is 0 Å². The van der Waals surface area contributed by atoms with Crippen LogP contribution >= 0.6 is 11.6 Å². The van der Waals surface area contributed by atoms with Gasteiger partial charge in [0, 0.05) is 11.6 Å². The Labute approximate surface area is 124 Å². The maximum Gasteiger partial charge on any atom is 0.573 e. The Morgan fingerprint density at radius 3 is 2.38 bits per heavy atom. The molecular formula is C14H13ClF3NO2. The number of halogens is 4. The van der Waals surface area contributed by atoms with Crippen molar-refractivity contribution in [1.29, 1.82) is 0 Å². The third kappa shape index (κ3) is 4.41. The van der Waals surface area contributed by atoms with Crippen LogP contribution < -0.4 is 10.1 Å². The Morgan fingerprint density at radius 2 is 1.90 bits per heavy atom. The predicted octanol–water partition coefficient (Wildman–Crippen LogP) is 4.33. The molecule has 0 aliphatic carbocycles. The molecule has 21 heavy (non-hydrogen) atoms. The maximum absolute atomic E-state index is 12.1. The van der Waals surface area contributed by atoms with E-state index in [9.17, 15) is 13.2 Å². The van der Waals surface area contributed by atoms with Gasteiger partial charge >= 0.3 is 6.36 Å². The quantitative estimate of drug-likeness (QED) is 0.890. The van der Waals surface area contributed by atoms with E-state index in [4.69, 9.17) is 16.0 Å². The van der Waals surface area contributed by atoms with Gasteiger partial charge < -0.3 is 14.5 Å². The summed E-state index contributed by atoms with van der Waals surface area (Å²) >= 11 is 5.93. The van der Waals surface area contributed by atoms with Crippen LogP contribution in [0.5, 0.6) is 5.75 Å². The van der Waals surface area contributed by atoms with Gasteiger partial charge in [-0.1, -0.05) is 12.1 Å². The third-order valence-corrected chi connectivity index (χ3v) is 3.27. The number of furan rings is 1. The zero-order valence-electron chi connectivity index (χ0n) is 11.1. The summed E-state index contributed by atoms with van der Waals surface area (Å²) in [4.78, 5) is 0. The number of hydrogen-bond donors (Lipinski definition) is 1. The van der Waals surface area contributed by atoms with Crippen LogP contribution in [0.15, 0.2) is 41.0 Å². The van der Waals surface area contributed by atoms with Crippen molar-refractivity contribution in [3.05, 3.63) is 52.9 Å². The van der Waals surface area contributed by atoms with E-state index in [1.807, 2.05) is 0 Å². The van der Waals surface area contributed by atoms with Gasteiger partial charge in [0.1, 0.15) is 5.75 Å². The molecule has 1 heterocycles. The lowest BCUT2D eigenvalue weighted by Gasteiger charge is -2.15. The van der Waals surface area contributed by atoms with Gasteiger partial charge in [0.15, 0.2) is 5.22 Å². The summed E-state index contributed by atoms with van der Waals surface area (Å²) in [7, 11) is 1.77. The van der Waals surface area contributed by atoms with Gasteiger partial charge in [0.2, 0.25) is 0 Å². The molecule has 0 bridgehead atoms. The van der Waals surface area contributed by atoms with Gasteiger partial charge in [0.25, 0.3) is 0 Å². The monoisotopic (exact) mass is 319 g/mol. The average molecular weight is 320 g/mol. The normalized spacial score (nSPS) is 13.2. The molecule has 2 aromatic rings. The topological polar surface area (TPSA) is 34.4 Å². The first-order chi connectivity index (χ1) is 9.89. The number of alkyl halides is 3. The van der Waals surface area contributed by atoms with Crippen LogP contribution in [0.4, 0.5) is 13.2 Å². The van der Waals surface area contributed by atoms with Crippen molar-refractivity contribution in [3.63, 3.8) is 0 Å². The zero-order valence-corrected chi connectivity index (χ0v) is 11.8. The lowest BCUT2D eigenvalue weighted by atomic mass is 10.0. The van der Waals surface area contributed by atoms with E-state index in [-0.39, 0.29) is 11.8 Å². The highest BCUT2D eigenvalue weighted by atomic mass is 35.5. The van der Waals surface area contributed by atoms with Crippen LogP contribution in [0, 0.1) is 0 Å². The Balaban J connectivity index is 2.07. The Hall–Kier alpha value is -1.66. The molecule has 0 radical (unpaired) electrons. The zero-order chi connectivity index (χ0) is 15.5. The molecule has 3 nitrogen and oxygen atoms in total. The van der Waals surface area contributed by atoms with Crippen molar-refractivity contribution in [1.82, 2.24) is 5.32 Å². The molecule has 1 N–H and O–H groups in total. The summed E-state index contributed by atoms with van der Waals surface area (Å²) in [6.45, 7) is 0. The lowest BCUT2D eigenvalue weighted by molar-refractivity contribution is -0.274. The Kier molecular flexibility index (Phi) is 4.80. The fourth-order valence-corrected chi connectivity index (χ4v) is 2.23. The van der Waals surface area contributed by atoms with Gasteiger partial charge in [-0.2, -0.15) is 0 Å². The van der Waals surface area contributed by atoms with E-state index in [1.165, 1.54) is 18.4 Å². The smallest absolute Gasteiger partial charge is 0.453 e.